The number of hydrogen-bond acceptors (Lipinski definition) is 3. The van der Waals surface area contributed by atoms with Crippen LogP contribution in [-0.2, 0) is 6.42 Å². The number of thiophene rings is 1. The van der Waals surface area contributed by atoms with Crippen LogP contribution in [0.4, 0.5) is 13.2 Å². The Bertz CT molecular complexity index is 888. The molecule has 1 N–H and O–H groups in total. The number of carbonyl (C=O) groups is 1. The molecule has 0 aliphatic heterocycles. The highest BCUT2D eigenvalue weighted by Crippen LogP contribution is 2.31. The third-order valence-electron chi connectivity index (χ3n) is 3.70. The van der Waals surface area contributed by atoms with Gasteiger partial charge >= 0.3 is 6.55 Å². The molecule has 3 rings (SSSR count). The van der Waals surface area contributed by atoms with Crippen LogP contribution in [-0.4, -0.2) is 22.0 Å². The molecule has 8 heteroatoms. The van der Waals surface area contributed by atoms with Gasteiger partial charge in [-0.15, -0.1) is 11.3 Å². The van der Waals surface area contributed by atoms with Crippen molar-refractivity contribution in [3.05, 3.63) is 52.7 Å². The Morgan fingerprint density at radius 3 is 2.96 bits per heavy atom. The van der Waals surface area contributed by atoms with Crippen molar-refractivity contribution in [1.29, 1.82) is 0 Å². The maximum atomic E-state index is 13.3. The number of rotatable bonds is 5. The van der Waals surface area contributed by atoms with Gasteiger partial charge in [-0.3, -0.25) is 9.36 Å². The Kier molecular flexibility index (Phi) is 4.57. The number of aromatic nitrogens is 2. The summed E-state index contributed by atoms with van der Waals surface area (Å²) in [5.74, 6) is -0.445. The highest BCUT2D eigenvalue weighted by atomic mass is 32.1. The second-order valence-corrected chi connectivity index (χ2v) is 6.28. The number of halogens is 3. The molecule has 1 amide bonds. The second-order valence-electron chi connectivity index (χ2n) is 5.23. The summed E-state index contributed by atoms with van der Waals surface area (Å²) in [6.45, 7) is -0.709. The third-order valence-corrected chi connectivity index (χ3v) is 4.97. The fourth-order valence-corrected chi connectivity index (χ4v) is 3.60. The average Bonchev–Trinajstić information content (AvgIpc) is 3.13. The van der Waals surface area contributed by atoms with Gasteiger partial charge in [-0.05, 0) is 36.1 Å². The van der Waals surface area contributed by atoms with Gasteiger partial charge in [-0.1, -0.05) is 0 Å². The summed E-state index contributed by atoms with van der Waals surface area (Å²) < 4.78 is 40.4. The molecular formula is C16H14F3N3OS. The first-order valence-corrected chi connectivity index (χ1v) is 8.05. The van der Waals surface area contributed by atoms with E-state index < -0.39 is 6.55 Å². The number of nitrogens with one attached hydrogen (secondary N) is 1. The summed E-state index contributed by atoms with van der Waals surface area (Å²) in [7, 11) is 0. The molecule has 1 aromatic carbocycles. The monoisotopic (exact) mass is 353 g/mol. The predicted octanol–water partition coefficient (Wildman–Crippen LogP) is 3.91. The maximum absolute atomic E-state index is 13.3. The van der Waals surface area contributed by atoms with Gasteiger partial charge in [0, 0.05) is 30.1 Å². The van der Waals surface area contributed by atoms with E-state index in [4.69, 9.17) is 0 Å². The zero-order chi connectivity index (χ0) is 17.3. The summed E-state index contributed by atoms with van der Waals surface area (Å²) in [4.78, 5) is 16.7. The molecule has 0 aliphatic rings. The van der Waals surface area contributed by atoms with Crippen molar-refractivity contribution in [1.82, 2.24) is 14.9 Å². The zero-order valence-corrected chi connectivity index (χ0v) is 13.5. The van der Waals surface area contributed by atoms with Gasteiger partial charge in [0.1, 0.15) is 11.6 Å². The smallest absolute Gasteiger partial charge is 0.319 e. The van der Waals surface area contributed by atoms with E-state index in [2.05, 4.69) is 10.3 Å². The van der Waals surface area contributed by atoms with Crippen molar-refractivity contribution in [2.45, 2.75) is 19.9 Å². The lowest BCUT2D eigenvalue weighted by Gasteiger charge is -2.07. The SMILES string of the molecule is Cc1c(C(=O)NCCc2nccn2C(F)F)sc2ccc(F)cc12. The molecule has 0 unspecified atom stereocenters. The number of aryl methyl sites for hydroxylation is 1. The van der Waals surface area contributed by atoms with Gasteiger partial charge in [0.25, 0.3) is 5.91 Å². The van der Waals surface area contributed by atoms with E-state index in [1.54, 1.807) is 13.0 Å². The van der Waals surface area contributed by atoms with Crippen LogP contribution in [0.3, 0.4) is 0 Å². The molecule has 4 nitrogen and oxygen atoms in total. The van der Waals surface area contributed by atoms with Crippen molar-refractivity contribution in [3.63, 3.8) is 0 Å². The normalized spacial score (nSPS) is 11.4. The summed E-state index contributed by atoms with van der Waals surface area (Å²) in [6.07, 6.45) is 2.70. The van der Waals surface area contributed by atoms with E-state index >= 15 is 0 Å². The molecule has 0 fully saturated rings. The number of alkyl halides is 2. The van der Waals surface area contributed by atoms with E-state index in [1.165, 1.54) is 35.9 Å². The van der Waals surface area contributed by atoms with E-state index in [9.17, 15) is 18.0 Å². The fraction of sp³-hybridized carbons (Fsp3) is 0.250. The van der Waals surface area contributed by atoms with Gasteiger partial charge in [0.15, 0.2) is 0 Å². The summed E-state index contributed by atoms with van der Waals surface area (Å²) in [5, 5.41) is 3.41. The van der Waals surface area contributed by atoms with Crippen LogP contribution < -0.4 is 5.32 Å². The number of fused-ring (bicyclic) bond motifs is 1. The summed E-state index contributed by atoms with van der Waals surface area (Å²) in [5.41, 5.74) is 0.709. The zero-order valence-electron chi connectivity index (χ0n) is 12.7. The van der Waals surface area contributed by atoms with Gasteiger partial charge < -0.3 is 5.32 Å². The number of carbonyl (C=O) groups excluding carboxylic acids is 1. The van der Waals surface area contributed by atoms with E-state index in [0.717, 1.165) is 9.27 Å². The van der Waals surface area contributed by atoms with E-state index in [1.807, 2.05) is 0 Å². The topological polar surface area (TPSA) is 46.9 Å². The lowest BCUT2D eigenvalue weighted by molar-refractivity contribution is 0.0670. The fourth-order valence-electron chi connectivity index (χ4n) is 2.49. The van der Waals surface area contributed by atoms with Crippen molar-refractivity contribution in [3.8, 4) is 0 Å². The molecule has 2 aromatic heterocycles. The molecule has 126 valence electrons. The van der Waals surface area contributed by atoms with Gasteiger partial charge in [0.05, 0.1) is 4.88 Å². The minimum Gasteiger partial charge on any atom is -0.351 e. The molecule has 0 atom stereocenters. The van der Waals surface area contributed by atoms with Gasteiger partial charge in [-0.2, -0.15) is 8.78 Å². The molecule has 0 aliphatic carbocycles. The van der Waals surface area contributed by atoms with Crippen LogP contribution in [0.1, 0.15) is 27.6 Å². The first-order chi connectivity index (χ1) is 11.5. The minimum absolute atomic E-state index is 0.185. The van der Waals surface area contributed by atoms with Crippen LogP contribution in [0, 0.1) is 12.7 Å². The average molecular weight is 353 g/mol. The minimum atomic E-state index is -2.65. The van der Waals surface area contributed by atoms with Crippen LogP contribution in [0.2, 0.25) is 0 Å². The highest BCUT2D eigenvalue weighted by Gasteiger charge is 2.16. The van der Waals surface area contributed by atoms with Crippen molar-refractivity contribution >= 4 is 27.3 Å². The van der Waals surface area contributed by atoms with Crippen molar-refractivity contribution in [2.24, 2.45) is 0 Å². The number of nitrogens with zero attached hydrogens (tertiary/aromatic N) is 2. The van der Waals surface area contributed by atoms with E-state index in [-0.39, 0.29) is 30.5 Å². The van der Waals surface area contributed by atoms with Crippen LogP contribution in [0.15, 0.2) is 30.6 Å². The second kappa shape index (κ2) is 6.64. The summed E-state index contributed by atoms with van der Waals surface area (Å²) >= 11 is 1.28. The lowest BCUT2D eigenvalue weighted by atomic mass is 10.1. The molecule has 2 heterocycles. The van der Waals surface area contributed by atoms with Gasteiger partial charge in [-0.25, -0.2) is 9.37 Å². The molecule has 0 saturated heterocycles. The molecule has 24 heavy (non-hydrogen) atoms. The maximum Gasteiger partial charge on any atom is 0.319 e. The van der Waals surface area contributed by atoms with Crippen LogP contribution >= 0.6 is 11.3 Å². The number of amides is 1. The quantitative estimate of drug-likeness (QED) is 0.756. The third kappa shape index (κ3) is 3.14. The Labute approximate surface area is 139 Å². The standard InChI is InChI=1S/C16H14F3N3OS/c1-9-11-8-10(17)2-3-12(11)24-14(9)15(23)21-5-4-13-20-6-7-22(13)16(18)19/h2-3,6-8,16H,4-5H2,1H3,(H,21,23). The predicted molar refractivity (Wildman–Crippen MR) is 86.0 cm³/mol. The number of hydrogen-bond donors (Lipinski definition) is 1. The number of benzene rings is 1. The largest absolute Gasteiger partial charge is 0.351 e. The van der Waals surface area contributed by atoms with E-state index in [0.29, 0.717) is 15.8 Å². The molecule has 3 aromatic rings. The van der Waals surface area contributed by atoms with Crippen molar-refractivity contribution in [2.75, 3.05) is 6.54 Å². The molecule has 0 radical (unpaired) electrons. The van der Waals surface area contributed by atoms with Crippen LogP contribution in [0.25, 0.3) is 10.1 Å². The molecule has 0 bridgehead atoms. The summed E-state index contributed by atoms with van der Waals surface area (Å²) in [6, 6.07) is 4.39. The molecule has 0 spiro atoms. The first kappa shape index (κ1) is 16.5. The highest BCUT2D eigenvalue weighted by molar-refractivity contribution is 7.21. The first-order valence-electron chi connectivity index (χ1n) is 7.24. The Balaban J connectivity index is 1.69. The Morgan fingerprint density at radius 1 is 1.42 bits per heavy atom. The van der Waals surface area contributed by atoms with Gasteiger partial charge in [0.2, 0.25) is 0 Å². The lowest BCUT2D eigenvalue weighted by Crippen LogP contribution is -2.26. The van der Waals surface area contributed by atoms with Crippen molar-refractivity contribution < 1.29 is 18.0 Å². The molecule has 0 saturated carbocycles. The Morgan fingerprint density at radius 2 is 2.21 bits per heavy atom. The Hall–Kier alpha value is -2.35. The number of imidazole rings is 1. The van der Waals surface area contributed by atoms with Crippen LogP contribution in [0.5, 0.6) is 0 Å². The molecular weight excluding hydrogens is 339 g/mol.